The lowest BCUT2D eigenvalue weighted by Crippen LogP contribution is -2.50. The summed E-state index contributed by atoms with van der Waals surface area (Å²) in [4.78, 5) is 26.3. The van der Waals surface area contributed by atoms with Crippen molar-refractivity contribution in [1.82, 2.24) is 0 Å². The minimum absolute atomic E-state index is 0.0341. The molecular formula is C36H55F3O7. The molecule has 46 heavy (non-hydrogen) atoms. The van der Waals surface area contributed by atoms with E-state index in [1.54, 1.807) is 0 Å². The Hall–Kier alpha value is -1.39. The van der Waals surface area contributed by atoms with Crippen molar-refractivity contribution in [2.75, 3.05) is 19.8 Å². The summed E-state index contributed by atoms with van der Waals surface area (Å²) in [5, 5.41) is 30.2. The van der Waals surface area contributed by atoms with Gasteiger partial charge in [-0.3, -0.25) is 9.59 Å². The van der Waals surface area contributed by atoms with Crippen molar-refractivity contribution in [2.24, 2.45) is 88.8 Å². The number of fused-ring (bicyclic) bond motifs is 6. The molecular weight excluding hydrogens is 601 g/mol. The molecule has 6 aliphatic rings. The number of rotatable bonds is 11. The van der Waals surface area contributed by atoms with E-state index in [1.165, 1.54) is 0 Å². The molecule has 16 atom stereocenters. The van der Waals surface area contributed by atoms with E-state index in [9.17, 15) is 33.0 Å². The Morgan fingerprint density at radius 3 is 1.85 bits per heavy atom. The zero-order valence-corrected chi connectivity index (χ0v) is 28.0. The first-order chi connectivity index (χ1) is 21.5. The van der Waals surface area contributed by atoms with E-state index in [1.807, 2.05) is 13.8 Å². The lowest BCUT2D eigenvalue weighted by atomic mass is 9.54. The topological polar surface area (TPSA) is 113 Å². The fourth-order valence-corrected chi connectivity index (χ4v) is 12.7. The number of carbonyl (C=O) groups excluding carboxylic acids is 2. The van der Waals surface area contributed by atoms with Crippen LogP contribution in [0.4, 0.5) is 13.2 Å². The Balaban J connectivity index is 1.19. The fraction of sp³-hybridized carbons (Fsp3) is 0.944. The van der Waals surface area contributed by atoms with Gasteiger partial charge in [0.25, 0.3) is 0 Å². The number of alkyl halides is 3. The van der Waals surface area contributed by atoms with Crippen LogP contribution in [0.5, 0.6) is 0 Å². The normalized spacial score (nSPS) is 45.8. The summed E-state index contributed by atoms with van der Waals surface area (Å²) >= 11 is 0. The highest BCUT2D eigenvalue weighted by atomic mass is 19.4. The summed E-state index contributed by atoms with van der Waals surface area (Å²) in [5.74, 6) is 4.05. The molecule has 0 heterocycles. The Bertz CT molecular complexity index is 1150. The molecule has 3 N–H and O–H groups in total. The van der Waals surface area contributed by atoms with E-state index in [4.69, 9.17) is 14.6 Å². The Morgan fingerprint density at radius 2 is 1.26 bits per heavy atom. The average Bonchev–Trinajstić information content (AvgIpc) is 3.80. The highest BCUT2D eigenvalue weighted by Gasteiger charge is 2.68. The van der Waals surface area contributed by atoms with E-state index in [0.717, 1.165) is 45.4 Å². The van der Waals surface area contributed by atoms with Gasteiger partial charge in [-0.15, -0.1) is 0 Å². The highest BCUT2D eigenvalue weighted by Crippen LogP contribution is 2.72. The SMILES string of the molecule is CC1C2CC(CC2C(=O)OCCO)C1C1C2CC(CC2C(C)(C)O)C1[C@H]1C(C)C2CC(C(=O)OCCCC(C)(O)C(F)(F)F)C1C2. The van der Waals surface area contributed by atoms with Crippen molar-refractivity contribution < 1.29 is 47.6 Å². The standard InChI is InChI=1S/C36H55F3O7/c1-17-19-11-23(25(12-19)33(42)45-9-6-7-35(5,44)36(37,38)39)29(17)30-21-15-26(27(16-21)34(3,4)43)31(30)28-18(2)22-13-20(28)14-24(22)32(41)46-10-8-40/h17-31,40,43-44H,6-16H2,1-5H3/t17?,18?,19?,20?,21?,22?,23?,24?,25?,26?,27?,28?,29-,30?,31?,35?/m0/s1. The van der Waals surface area contributed by atoms with Gasteiger partial charge in [0.2, 0.25) is 0 Å². The summed E-state index contributed by atoms with van der Waals surface area (Å²) in [6.07, 6.45) is 0.376. The Labute approximate surface area is 271 Å². The van der Waals surface area contributed by atoms with Crippen molar-refractivity contribution in [3.8, 4) is 0 Å². The van der Waals surface area contributed by atoms with Crippen molar-refractivity contribution in [2.45, 2.75) is 103 Å². The van der Waals surface area contributed by atoms with Gasteiger partial charge in [0, 0.05) is 0 Å². The summed E-state index contributed by atoms with van der Waals surface area (Å²) in [5.41, 5.74) is -3.58. The predicted molar refractivity (Wildman–Crippen MR) is 163 cm³/mol. The van der Waals surface area contributed by atoms with Crippen LogP contribution in [0.3, 0.4) is 0 Å². The zero-order chi connectivity index (χ0) is 33.5. The molecule has 0 aliphatic heterocycles. The number of hydrogen-bond donors (Lipinski definition) is 3. The first-order valence-electron chi connectivity index (χ1n) is 17.9. The molecule has 0 amide bonds. The fourth-order valence-electron chi connectivity index (χ4n) is 12.7. The molecule has 0 saturated heterocycles. The molecule has 10 heteroatoms. The lowest BCUT2D eigenvalue weighted by Gasteiger charge is -2.51. The second-order valence-electron chi connectivity index (χ2n) is 17.1. The van der Waals surface area contributed by atoms with Gasteiger partial charge < -0.3 is 24.8 Å². The molecule has 6 saturated carbocycles. The molecule has 0 aromatic rings. The quantitative estimate of drug-likeness (QED) is 0.195. The van der Waals surface area contributed by atoms with E-state index in [-0.39, 0.29) is 67.8 Å². The largest absolute Gasteiger partial charge is 0.465 e. The maximum Gasteiger partial charge on any atom is 0.416 e. The van der Waals surface area contributed by atoms with E-state index < -0.39 is 23.8 Å². The highest BCUT2D eigenvalue weighted by molar-refractivity contribution is 5.74. The molecule has 0 spiro atoms. The monoisotopic (exact) mass is 656 g/mol. The third kappa shape index (κ3) is 5.72. The van der Waals surface area contributed by atoms with Crippen LogP contribution in [-0.4, -0.2) is 64.5 Å². The maximum atomic E-state index is 13.4. The summed E-state index contributed by atoms with van der Waals surface area (Å²) in [7, 11) is 0. The van der Waals surface area contributed by atoms with E-state index in [2.05, 4.69) is 13.8 Å². The number of aliphatic hydroxyl groups excluding tert-OH is 1. The van der Waals surface area contributed by atoms with Gasteiger partial charge in [-0.2, -0.15) is 13.2 Å². The number of hydrogen-bond acceptors (Lipinski definition) is 7. The van der Waals surface area contributed by atoms with Crippen LogP contribution in [0.25, 0.3) is 0 Å². The molecule has 262 valence electrons. The number of aliphatic hydroxyl groups is 3. The number of esters is 2. The third-order valence-electron chi connectivity index (χ3n) is 14.5. The van der Waals surface area contributed by atoms with Crippen LogP contribution >= 0.6 is 0 Å². The van der Waals surface area contributed by atoms with Gasteiger partial charge in [0.15, 0.2) is 5.60 Å². The van der Waals surface area contributed by atoms with Gasteiger partial charge in [-0.05, 0) is 149 Å². The van der Waals surface area contributed by atoms with Crippen molar-refractivity contribution in [3.63, 3.8) is 0 Å². The summed E-state index contributed by atoms with van der Waals surface area (Å²) in [6, 6.07) is 0. The van der Waals surface area contributed by atoms with E-state index in [0.29, 0.717) is 59.2 Å². The molecule has 0 aromatic carbocycles. The van der Waals surface area contributed by atoms with Crippen LogP contribution in [0, 0.1) is 88.8 Å². The maximum absolute atomic E-state index is 13.4. The Morgan fingerprint density at radius 1 is 0.696 bits per heavy atom. The summed E-state index contributed by atoms with van der Waals surface area (Å²) in [6.45, 7) is 9.04. The molecule has 15 unspecified atom stereocenters. The van der Waals surface area contributed by atoms with Gasteiger partial charge in [-0.1, -0.05) is 13.8 Å². The van der Waals surface area contributed by atoms with Crippen molar-refractivity contribution in [1.29, 1.82) is 0 Å². The van der Waals surface area contributed by atoms with Crippen molar-refractivity contribution >= 4 is 11.9 Å². The van der Waals surface area contributed by atoms with Gasteiger partial charge >= 0.3 is 18.1 Å². The Kier molecular flexibility index (Phi) is 9.13. The number of ether oxygens (including phenoxy) is 2. The third-order valence-corrected chi connectivity index (χ3v) is 14.5. The van der Waals surface area contributed by atoms with Gasteiger partial charge in [0.05, 0.1) is 30.7 Å². The van der Waals surface area contributed by atoms with Crippen LogP contribution < -0.4 is 0 Å². The molecule has 6 aliphatic carbocycles. The average molecular weight is 657 g/mol. The molecule has 7 nitrogen and oxygen atoms in total. The number of carbonyl (C=O) groups is 2. The van der Waals surface area contributed by atoms with Crippen molar-refractivity contribution in [3.05, 3.63) is 0 Å². The minimum Gasteiger partial charge on any atom is -0.465 e. The lowest BCUT2D eigenvalue weighted by molar-refractivity contribution is -0.255. The molecule has 0 radical (unpaired) electrons. The first kappa shape index (κ1) is 34.5. The predicted octanol–water partition coefficient (Wildman–Crippen LogP) is 5.63. The minimum atomic E-state index is -4.73. The summed E-state index contributed by atoms with van der Waals surface area (Å²) < 4.78 is 50.2. The van der Waals surface area contributed by atoms with Crippen LogP contribution in [0.1, 0.15) is 86.0 Å². The van der Waals surface area contributed by atoms with Gasteiger partial charge in [-0.25, -0.2) is 0 Å². The second-order valence-corrected chi connectivity index (χ2v) is 17.1. The zero-order valence-electron chi connectivity index (χ0n) is 28.0. The molecule has 6 bridgehead atoms. The van der Waals surface area contributed by atoms with Gasteiger partial charge in [0.1, 0.15) is 6.61 Å². The van der Waals surface area contributed by atoms with Crippen LogP contribution in [-0.2, 0) is 19.1 Å². The molecule has 6 rings (SSSR count). The molecule has 6 fully saturated rings. The second kappa shape index (κ2) is 12.2. The van der Waals surface area contributed by atoms with E-state index >= 15 is 0 Å². The smallest absolute Gasteiger partial charge is 0.416 e. The van der Waals surface area contributed by atoms with Crippen LogP contribution in [0.15, 0.2) is 0 Å². The first-order valence-corrected chi connectivity index (χ1v) is 17.9. The van der Waals surface area contributed by atoms with Crippen LogP contribution in [0.2, 0.25) is 0 Å². The number of halogens is 3. The molecule has 0 aromatic heterocycles.